The van der Waals surface area contributed by atoms with Crippen LogP contribution in [0.25, 0.3) is 10.2 Å². The Morgan fingerprint density at radius 2 is 2.39 bits per heavy atom. The molecule has 4 heteroatoms. The molecular formula is C14H17ClN2S. The number of hydrogen-bond acceptors (Lipinski definition) is 3. The SMILES string of the molecule is CCCC1(c2nc3cccc(Cl)c3s2)CCNC1. The average Bonchev–Trinajstić information content (AvgIpc) is 2.97. The van der Waals surface area contributed by atoms with E-state index < -0.39 is 0 Å². The van der Waals surface area contributed by atoms with Gasteiger partial charge in [0.15, 0.2) is 0 Å². The molecule has 1 N–H and O–H groups in total. The molecule has 2 heterocycles. The molecule has 2 nitrogen and oxygen atoms in total. The predicted octanol–water partition coefficient (Wildman–Crippen LogP) is 3.98. The molecule has 0 saturated carbocycles. The zero-order valence-electron chi connectivity index (χ0n) is 10.5. The van der Waals surface area contributed by atoms with Crippen LogP contribution < -0.4 is 5.32 Å². The van der Waals surface area contributed by atoms with Gasteiger partial charge < -0.3 is 5.32 Å². The molecular weight excluding hydrogens is 264 g/mol. The van der Waals surface area contributed by atoms with Gasteiger partial charge in [-0.1, -0.05) is 31.0 Å². The van der Waals surface area contributed by atoms with E-state index in [2.05, 4.69) is 18.3 Å². The molecule has 1 atom stereocenters. The van der Waals surface area contributed by atoms with E-state index in [4.69, 9.17) is 16.6 Å². The second kappa shape index (κ2) is 4.80. The maximum Gasteiger partial charge on any atom is 0.101 e. The molecule has 1 aromatic carbocycles. The number of fused-ring (bicyclic) bond motifs is 1. The molecule has 1 fully saturated rings. The number of rotatable bonds is 3. The monoisotopic (exact) mass is 280 g/mol. The molecule has 0 radical (unpaired) electrons. The molecule has 0 bridgehead atoms. The van der Waals surface area contributed by atoms with E-state index in [0.29, 0.717) is 0 Å². The van der Waals surface area contributed by atoms with Crippen molar-refractivity contribution in [2.24, 2.45) is 0 Å². The number of nitrogens with zero attached hydrogens (tertiary/aromatic N) is 1. The Labute approximate surface area is 116 Å². The van der Waals surface area contributed by atoms with Crippen molar-refractivity contribution >= 4 is 33.2 Å². The smallest absolute Gasteiger partial charge is 0.101 e. The summed E-state index contributed by atoms with van der Waals surface area (Å²) in [5.41, 5.74) is 1.28. The van der Waals surface area contributed by atoms with E-state index in [1.165, 1.54) is 24.3 Å². The quantitative estimate of drug-likeness (QED) is 0.920. The van der Waals surface area contributed by atoms with Gasteiger partial charge in [-0.2, -0.15) is 0 Å². The van der Waals surface area contributed by atoms with Gasteiger partial charge in [0.05, 0.1) is 15.2 Å². The number of thiazole rings is 1. The summed E-state index contributed by atoms with van der Waals surface area (Å²) >= 11 is 8.03. The Bertz CT molecular complexity index is 558. The van der Waals surface area contributed by atoms with Crippen molar-refractivity contribution in [3.8, 4) is 0 Å². The van der Waals surface area contributed by atoms with E-state index in [1.54, 1.807) is 11.3 Å². The number of hydrogen-bond donors (Lipinski definition) is 1. The highest BCUT2D eigenvalue weighted by atomic mass is 35.5. The van der Waals surface area contributed by atoms with Gasteiger partial charge in [-0.25, -0.2) is 4.98 Å². The standard InChI is InChI=1S/C14H17ClN2S/c1-2-6-14(7-8-16-9-14)13-17-11-5-3-4-10(15)12(11)18-13/h3-5,16H,2,6-9H2,1H3. The topological polar surface area (TPSA) is 24.9 Å². The highest BCUT2D eigenvalue weighted by molar-refractivity contribution is 7.19. The fourth-order valence-electron chi connectivity index (χ4n) is 2.87. The van der Waals surface area contributed by atoms with Crippen LogP contribution in [0.2, 0.25) is 5.02 Å². The Balaban J connectivity index is 2.09. The lowest BCUT2D eigenvalue weighted by atomic mass is 9.83. The van der Waals surface area contributed by atoms with Crippen LogP contribution in [-0.2, 0) is 5.41 Å². The van der Waals surface area contributed by atoms with Crippen molar-refractivity contribution in [1.82, 2.24) is 10.3 Å². The maximum absolute atomic E-state index is 6.25. The van der Waals surface area contributed by atoms with Crippen molar-refractivity contribution in [3.05, 3.63) is 28.2 Å². The Hall–Kier alpha value is -0.640. The molecule has 18 heavy (non-hydrogen) atoms. The van der Waals surface area contributed by atoms with Crippen LogP contribution >= 0.6 is 22.9 Å². The van der Waals surface area contributed by atoms with Gasteiger partial charge in [-0.3, -0.25) is 0 Å². The van der Waals surface area contributed by atoms with Crippen molar-refractivity contribution in [2.75, 3.05) is 13.1 Å². The van der Waals surface area contributed by atoms with Gasteiger partial charge >= 0.3 is 0 Å². The molecule has 0 amide bonds. The fraction of sp³-hybridized carbons (Fsp3) is 0.500. The summed E-state index contributed by atoms with van der Waals surface area (Å²) in [6, 6.07) is 5.99. The van der Waals surface area contributed by atoms with Crippen LogP contribution in [0.1, 0.15) is 31.2 Å². The largest absolute Gasteiger partial charge is 0.316 e. The van der Waals surface area contributed by atoms with Crippen LogP contribution in [0, 0.1) is 0 Å². The lowest BCUT2D eigenvalue weighted by Crippen LogP contribution is -2.28. The van der Waals surface area contributed by atoms with Gasteiger partial charge in [0, 0.05) is 12.0 Å². The molecule has 1 aliphatic heterocycles. The summed E-state index contributed by atoms with van der Waals surface area (Å²) in [4.78, 5) is 4.84. The Morgan fingerprint density at radius 1 is 1.50 bits per heavy atom. The lowest BCUT2D eigenvalue weighted by molar-refractivity contribution is 0.426. The molecule has 3 rings (SSSR count). The maximum atomic E-state index is 6.25. The van der Waals surface area contributed by atoms with E-state index in [1.807, 2.05) is 12.1 Å². The predicted molar refractivity (Wildman–Crippen MR) is 78.7 cm³/mol. The van der Waals surface area contributed by atoms with Gasteiger partial charge in [0.2, 0.25) is 0 Å². The molecule has 1 aromatic heterocycles. The zero-order valence-corrected chi connectivity index (χ0v) is 12.1. The van der Waals surface area contributed by atoms with E-state index in [-0.39, 0.29) is 5.41 Å². The summed E-state index contributed by atoms with van der Waals surface area (Å²) in [6.45, 7) is 4.41. The zero-order chi connectivity index (χ0) is 12.6. The summed E-state index contributed by atoms with van der Waals surface area (Å²) in [7, 11) is 0. The second-order valence-electron chi connectivity index (χ2n) is 5.06. The minimum Gasteiger partial charge on any atom is -0.316 e. The third kappa shape index (κ3) is 1.94. The van der Waals surface area contributed by atoms with Gasteiger partial charge in [-0.15, -0.1) is 11.3 Å². The summed E-state index contributed by atoms with van der Waals surface area (Å²) < 4.78 is 1.14. The summed E-state index contributed by atoms with van der Waals surface area (Å²) in [5, 5.41) is 5.58. The van der Waals surface area contributed by atoms with Crippen molar-refractivity contribution in [3.63, 3.8) is 0 Å². The van der Waals surface area contributed by atoms with Gasteiger partial charge in [0.1, 0.15) is 5.01 Å². The van der Waals surface area contributed by atoms with Gasteiger partial charge in [0.25, 0.3) is 0 Å². The second-order valence-corrected chi connectivity index (χ2v) is 6.47. The third-order valence-electron chi connectivity index (χ3n) is 3.79. The normalized spacial score (nSPS) is 23.9. The van der Waals surface area contributed by atoms with E-state index >= 15 is 0 Å². The first-order chi connectivity index (χ1) is 8.75. The van der Waals surface area contributed by atoms with Gasteiger partial charge in [-0.05, 0) is 31.5 Å². The molecule has 0 spiro atoms. The first kappa shape index (κ1) is 12.4. The van der Waals surface area contributed by atoms with Crippen molar-refractivity contribution < 1.29 is 0 Å². The number of halogens is 1. The minimum atomic E-state index is 0.238. The van der Waals surface area contributed by atoms with E-state index in [0.717, 1.165) is 28.3 Å². The molecule has 96 valence electrons. The first-order valence-corrected chi connectivity index (χ1v) is 7.71. The van der Waals surface area contributed by atoms with Crippen LogP contribution in [-0.4, -0.2) is 18.1 Å². The number of aromatic nitrogens is 1. The minimum absolute atomic E-state index is 0.238. The number of benzene rings is 1. The first-order valence-electron chi connectivity index (χ1n) is 6.51. The van der Waals surface area contributed by atoms with Crippen LogP contribution in [0.4, 0.5) is 0 Å². The average molecular weight is 281 g/mol. The third-order valence-corrected chi connectivity index (χ3v) is 5.57. The fourth-order valence-corrected chi connectivity index (χ4v) is 4.37. The Kier molecular flexibility index (Phi) is 3.31. The van der Waals surface area contributed by atoms with Crippen molar-refractivity contribution in [2.45, 2.75) is 31.6 Å². The molecule has 0 aliphatic carbocycles. The van der Waals surface area contributed by atoms with Crippen molar-refractivity contribution in [1.29, 1.82) is 0 Å². The molecule has 2 aromatic rings. The highest BCUT2D eigenvalue weighted by Gasteiger charge is 2.37. The lowest BCUT2D eigenvalue weighted by Gasteiger charge is -2.24. The van der Waals surface area contributed by atoms with E-state index in [9.17, 15) is 0 Å². The summed E-state index contributed by atoms with van der Waals surface area (Å²) in [6.07, 6.45) is 3.60. The summed E-state index contributed by atoms with van der Waals surface area (Å²) in [5.74, 6) is 0. The van der Waals surface area contributed by atoms with Crippen LogP contribution in [0.15, 0.2) is 18.2 Å². The molecule has 1 saturated heterocycles. The molecule has 1 aliphatic rings. The van der Waals surface area contributed by atoms with Crippen LogP contribution in [0.3, 0.4) is 0 Å². The highest BCUT2D eigenvalue weighted by Crippen LogP contribution is 2.41. The number of nitrogens with one attached hydrogen (secondary N) is 1. The molecule has 1 unspecified atom stereocenters. The van der Waals surface area contributed by atoms with Crippen LogP contribution in [0.5, 0.6) is 0 Å². The Morgan fingerprint density at radius 3 is 3.06 bits per heavy atom.